The van der Waals surface area contributed by atoms with E-state index in [9.17, 15) is 5.11 Å². The summed E-state index contributed by atoms with van der Waals surface area (Å²) in [5, 5.41) is 18.3. The fourth-order valence-electron chi connectivity index (χ4n) is 2.33. The summed E-state index contributed by atoms with van der Waals surface area (Å²) in [4.78, 5) is 0. The molecular formula is C18H26N2O3. The van der Waals surface area contributed by atoms with E-state index >= 15 is 0 Å². The van der Waals surface area contributed by atoms with Crippen LogP contribution in [-0.2, 0) is 6.42 Å². The fraction of sp³-hybridized carbons (Fsp3) is 0.500. The van der Waals surface area contributed by atoms with Gasteiger partial charge in [-0.2, -0.15) is 0 Å². The zero-order chi connectivity index (χ0) is 17.0. The molecule has 1 atom stereocenters. The number of benzene rings is 1. The minimum Gasteiger partial charge on any atom is -0.490 e. The summed E-state index contributed by atoms with van der Waals surface area (Å²) < 4.78 is 11.2. The molecule has 23 heavy (non-hydrogen) atoms. The van der Waals surface area contributed by atoms with Crippen molar-refractivity contribution in [3.05, 3.63) is 36.0 Å². The molecule has 126 valence electrons. The summed E-state index contributed by atoms with van der Waals surface area (Å²) >= 11 is 0. The van der Waals surface area contributed by atoms with Crippen molar-refractivity contribution in [2.45, 2.75) is 45.8 Å². The molecule has 5 nitrogen and oxygen atoms in total. The van der Waals surface area contributed by atoms with Gasteiger partial charge in [0.15, 0.2) is 5.58 Å². The van der Waals surface area contributed by atoms with Crippen LogP contribution in [0.4, 0.5) is 0 Å². The van der Waals surface area contributed by atoms with Crippen molar-refractivity contribution in [1.29, 1.82) is 0 Å². The lowest BCUT2D eigenvalue weighted by molar-refractivity contribution is 0.100. The van der Waals surface area contributed by atoms with E-state index in [0.717, 1.165) is 22.4 Å². The van der Waals surface area contributed by atoms with Crippen molar-refractivity contribution in [3.8, 4) is 5.75 Å². The third kappa shape index (κ3) is 4.56. The summed E-state index contributed by atoms with van der Waals surface area (Å²) in [5.74, 6) is 0.718. The maximum atomic E-state index is 10.1. The van der Waals surface area contributed by atoms with Crippen LogP contribution >= 0.6 is 0 Å². The summed E-state index contributed by atoms with van der Waals surface area (Å²) in [7, 11) is 0. The van der Waals surface area contributed by atoms with Crippen LogP contribution in [0.5, 0.6) is 5.75 Å². The van der Waals surface area contributed by atoms with Crippen LogP contribution in [0.1, 0.15) is 32.0 Å². The highest BCUT2D eigenvalue weighted by Gasteiger charge is 2.17. The fourth-order valence-corrected chi connectivity index (χ4v) is 2.33. The van der Waals surface area contributed by atoms with E-state index in [0.29, 0.717) is 18.5 Å². The van der Waals surface area contributed by atoms with E-state index in [2.05, 4.69) is 37.8 Å². The van der Waals surface area contributed by atoms with Gasteiger partial charge in [0.2, 0.25) is 0 Å². The van der Waals surface area contributed by atoms with E-state index < -0.39 is 6.10 Å². The Morgan fingerprint density at radius 1 is 1.43 bits per heavy atom. The number of hydrogen-bond acceptors (Lipinski definition) is 5. The highest BCUT2D eigenvalue weighted by Crippen LogP contribution is 2.33. The molecule has 0 fully saturated rings. The van der Waals surface area contributed by atoms with Gasteiger partial charge < -0.3 is 19.7 Å². The van der Waals surface area contributed by atoms with Gasteiger partial charge >= 0.3 is 0 Å². The maximum Gasteiger partial charge on any atom is 0.170 e. The molecule has 0 amide bonds. The van der Waals surface area contributed by atoms with Gasteiger partial charge in [0.1, 0.15) is 18.5 Å². The van der Waals surface area contributed by atoms with Gasteiger partial charge in [-0.1, -0.05) is 17.3 Å². The van der Waals surface area contributed by atoms with Crippen molar-refractivity contribution >= 4 is 11.0 Å². The molecule has 0 spiro atoms. The monoisotopic (exact) mass is 318 g/mol. The number of fused-ring (bicyclic) bond motifs is 1. The number of aryl methyl sites for hydroxylation is 1. The number of aliphatic hydroxyl groups excluding tert-OH is 1. The lowest BCUT2D eigenvalue weighted by Gasteiger charge is -2.23. The molecule has 0 aliphatic heterocycles. The van der Waals surface area contributed by atoms with Crippen molar-refractivity contribution < 1.29 is 14.4 Å². The Hall–Kier alpha value is -1.85. The highest BCUT2D eigenvalue weighted by atomic mass is 16.5. The number of nitrogens with one attached hydrogen (secondary N) is 1. The number of nitrogens with zero attached hydrogens (tertiary/aromatic N) is 1. The molecule has 0 saturated carbocycles. The van der Waals surface area contributed by atoms with E-state index in [1.807, 2.05) is 25.1 Å². The Morgan fingerprint density at radius 2 is 2.17 bits per heavy atom. The first-order valence-electron chi connectivity index (χ1n) is 7.86. The molecule has 0 bridgehead atoms. The van der Waals surface area contributed by atoms with E-state index in [1.165, 1.54) is 0 Å². The highest BCUT2D eigenvalue weighted by molar-refractivity contribution is 5.87. The van der Waals surface area contributed by atoms with Crippen LogP contribution in [0.3, 0.4) is 0 Å². The molecule has 1 unspecified atom stereocenters. The summed E-state index contributed by atoms with van der Waals surface area (Å²) in [6.45, 7) is 12.5. The van der Waals surface area contributed by atoms with Gasteiger partial charge in [0.25, 0.3) is 0 Å². The van der Waals surface area contributed by atoms with E-state index in [1.54, 1.807) is 0 Å². The van der Waals surface area contributed by atoms with Crippen molar-refractivity contribution in [2.75, 3.05) is 13.2 Å². The maximum absolute atomic E-state index is 10.1. The average Bonchev–Trinajstić information content (AvgIpc) is 2.85. The first-order chi connectivity index (χ1) is 10.8. The molecule has 0 aliphatic carbocycles. The zero-order valence-corrected chi connectivity index (χ0v) is 14.3. The van der Waals surface area contributed by atoms with Crippen molar-refractivity contribution in [3.63, 3.8) is 0 Å². The SMILES string of the molecule is C=CCc1ccc2onc(C)c2c1OCC(O)CNC(C)(C)C. The second-order valence-corrected chi connectivity index (χ2v) is 6.78. The lowest BCUT2D eigenvalue weighted by atomic mass is 10.1. The molecule has 1 aromatic heterocycles. The Morgan fingerprint density at radius 3 is 2.83 bits per heavy atom. The Bertz CT molecular complexity index is 671. The molecule has 1 heterocycles. The first kappa shape index (κ1) is 17.5. The van der Waals surface area contributed by atoms with Crippen LogP contribution in [0.15, 0.2) is 29.3 Å². The van der Waals surface area contributed by atoms with Gasteiger partial charge in [0.05, 0.1) is 11.1 Å². The van der Waals surface area contributed by atoms with Crippen LogP contribution in [0, 0.1) is 6.92 Å². The molecule has 0 saturated heterocycles. The molecule has 1 aromatic carbocycles. The summed E-state index contributed by atoms with van der Waals surface area (Å²) in [6, 6.07) is 3.84. The number of aromatic nitrogens is 1. The number of β-amino-alcohol motifs (C(OH)–C–C–N with tert-alkyl or cyclic N) is 1. The number of aliphatic hydroxyl groups is 1. The van der Waals surface area contributed by atoms with Crippen molar-refractivity contribution in [1.82, 2.24) is 10.5 Å². The predicted molar refractivity (Wildman–Crippen MR) is 91.9 cm³/mol. The second kappa shape index (κ2) is 7.15. The van der Waals surface area contributed by atoms with E-state index in [-0.39, 0.29) is 12.1 Å². The molecule has 2 rings (SSSR count). The topological polar surface area (TPSA) is 67.5 Å². The third-order valence-corrected chi connectivity index (χ3v) is 3.50. The van der Waals surface area contributed by atoms with Crippen LogP contribution in [0.25, 0.3) is 11.0 Å². The number of rotatable bonds is 7. The number of allylic oxidation sites excluding steroid dienone is 1. The Balaban J connectivity index is 2.16. The third-order valence-electron chi connectivity index (χ3n) is 3.50. The van der Waals surface area contributed by atoms with Gasteiger partial charge in [-0.05, 0) is 45.7 Å². The molecule has 2 N–H and O–H groups in total. The Kier molecular flexibility index (Phi) is 5.44. The predicted octanol–water partition coefficient (Wildman–Crippen LogP) is 2.99. The first-order valence-corrected chi connectivity index (χ1v) is 7.86. The quantitative estimate of drug-likeness (QED) is 0.768. The molecule has 2 aromatic rings. The normalized spacial score (nSPS) is 13.3. The van der Waals surface area contributed by atoms with Gasteiger partial charge in [0, 0.05) is 12.1 Å². The standard InChI is InChI=1S/C18H26N2O3/c1-6-7-13-8-9-15-16(12(2)20-23-15)17(13)22-11-14(21)10-19-18(3,4)5/h6,8-9,14,19,21H,1,7,10-11H2,2-5H3. The van der Waals surface area contributed by atoms with Gasteiger partial charge in [-0.3, -0.25) is 0 Å². The second-order valence-electron chi connectivity index (χ2n) is 6.78. The van der Waals surface area contributed by atoms with Crippen LogP contribution in [0.2, 0.25) is 0 Å². The molecular weight excluding hydrogens is 292 g/mol. The minimum atomic E-state index is -0.596. The zero-order valence-electron chi connectivity index (χ0n) is 14.3. The number of ether oxygens (including phenoxy) is 1. The summed E-state index contributed by atoms with van der Waals surface area (Å²) in [6.07, 6.45) is 1.92. The minimum absolute atomic E-state index is 0.0416. The molecule has 5 heteroatoms. The molecule has 0 radical (unpaired) electrons. The van der Waals surface area contributed by atoms with Gasteiger partial charge in [-0.15, -0.1) is 6.58 Å². The summed E-state index contributed by atoms with van der Waals surface area (Å²) in [5.41, 5.74) is 2.44. The van der Waals surface area contributed by atoms with E-state index in [4.69, 9.17) is 9.26 Å². The van der Waals surface area contributed by atoms with Gasteiger partial charge in [-0.25, -0.2) is 0 Å². The Labute approximate surface area is 137 Å². The van der Waals surface area contributed by atoms with Crippen LogP contribution in [-0.4, -0.2) is 35.1 Å². The molecule has 0 aliphatic rings. The average molecular weight is 318 g/mol. The largest absolute Gasteiger partial charge is 0.490 e. The van der Waals surface area contributed by atoms with Crippen LogP contribution < -0.4 is 10.1 Å². The van der Waals surface area contributed by atoms with Crippen molar-refractivity contribution in [2.24, 2.45) is 0 Å². The lowest BCUT2D eigenvalue weighted by Crippen LogP contribution is -2.42. The smallest absolute Gasteiger partial charge is 0.170 e. The number of hydrogen-bond donors (Lipinski definition) is 2.